The Bertz CT molecular complexity index is 614. The Morgan fingerprint density at radius 3 is 2.62 bits per heavy atom. The molecule has 0 radical (unpaired) electrons. The van der Waals surface area contributed by atoms with Crippen LogP contribution in [0.2, 0.25) is 0 Å². The van der Waals surface area contributed by atoms with Gasteiger partial charge in [-0.05, 0) is 55.8 Å². The highest BCUT2D eigenvalue weighted by atomic mass is 79.9. The fourth-order valence-electron chi connectivity index (χ4n) is 1.89. The molecule has 2 heterocycles. The van der Waals surface area contributed by atoms with E-state index in [2.05, 4.69) is 59.0 Å². The third-order valence-electron chi connectivity index (χ3n) is 2.99. The highest BCUT2D eigenvalue weighted by Gasteiger charge is 2.17. The molecule has 0 aromatic carbocycles. The minimum Gasteiger partial charge on any atom is -0.308 e. The number of aryl methyl sites for hydroxylation is 2. The predicted octanol–water partition coefficient (Wildman–Crippen LogP) is 3.93. The molecule has 0 aliphatic carbocycles. The number of halogens is 1. The number of hydrogen-bond acceptors (Lipinski definition) is 4. The number of nitrogens with one attached hydrogen (secondary N) is 1. The van der Waals surface area contributed by atoms with Crippen molar-refractivity contribution >= 4 is 27.7 Å². The first-order valence-corrected chi connectivity index (χ1v) is 8.44. The average Bonchev–Trinajstić information content (AvgIpc) is 2.64. The fraction of sp³-hybridized carbons (Fsp3) is 0.467. The maximum Gasteiger partial charge on any atom is 0.105 e. The predicted molar refractivity (Wildman–Crippen MR) is 90.6 cm³/mol. The molecular formula is C15H21BrN4S. The molecule has 6 heteroatoms. The largest absolute Gasteiger partial charge is 0.308 e. The lowest BCUT2D eigenvalue weighted by molar-refractivity contribution is 0.421. The Hall–Kier alpha value is -0.850. The van der Waals surface area contributed by atoms with Gasteiger partial charge in [-0.1, -0.05) is 11.8 Å². The van der Waals surface area contributed by atoms with Crippen molar-refractivity contribution in [1.29, 1.82) is 0 Å². The van der Waals surface area contributed by atoms with E-state index in [1.807, 2.05) is 30.1 Å². The average molecular weight is 369 g/mol. The van der Waals surface area contributed by atoms with Crippen molar-refractivity contribution in [3.8, 4) is 0 Å². The molecule has 114 valence electrons. The van der Waals surface area contributed by atoms with Crippen LogP contribution in [0.25, 0.3) is 0 Å². The molecule has 0 bridgehead atoms. The van der Waals surface area contributed by atoms with Gasteiger partial charge in [0.1, 0.15) is 10.1 Å². The molecule has 0 fully saturated rings. The van der Waals surface area contributed by atoms with Crippen LogP contribution in [0.5, 0.6) is 0 Å². The van der Waals surface area contributed by atoms with Crippen LogP contribution in [0.3, 0.4) is 0 Å². The van der Waals surface area contributed by atoms with Crippen LogP contribution < -0.4 is 5.32 Å². The van der Waals surface area contributed by atoms with E-state index in [1.54, 1.807) is 11.8 Å². The van der Waals surface area contributed by atoms with Crippen molar-refractivity contribution < 1.29 is 0 Å². The molecule has 0 aliphatic heterocycles. The van der Waals surface area contributed by atoms with Crippen LogP contribution >= 0.6 is 27.7 Å². The van der Waals surface area contributed by atoms with E-state index in [1.165, 1.54) is 5.56 Å². The Labute approximate surface area is 138 Å². The minimum atomic E-state index is 0.0834. The van der Waals surface area contributed by atoms with E-state index in [9.17, 15) is 0 Å². The topological polar surface area (TPSA) is 42.7 Å². The summed E-state index contributed by atoms with van der Waals surface area (Å²) in [7, 11) is 1.98. The van der Waals surface area contributed by atoms with Crippen molar-refractivity contribution in [2.24, 2.45) is 7.05 Å². The van der Waals surface area contributed by atoms with Crippen LogP contribution in [0, 0.1) is 6.92 Å². The van der Waals surface area contributed by atoms with Crippen LogP contribution in [-0.4, -0.2) is 20.3 Å². The Balaban J connectivity index is 2.24. The quantitative estimate of drug-likeness (QED) is 0.887. The molecule has 0 saturated carbocycles. The summed E-state index contributed by atoms with van der Waals surface area (Å²) in [6, 6.07) is 4.02. The molecule has 0 saturated heterocycles. The summed E-state index contributed by atoms with van der Waals surface area (Å²) < 4.78 is 2.92. The Kier molecular flexibility index (Phi) is 5.11. The summed E-state index contributed by atoms with van der Waals surface area (Å²) in [6.45, 7) is 9.37. The van der Waals surface area contributed by atoms with Crippen LogP contribution in [0.4, 0.5) is 0 Å². The number of nitrogens with zero attached hydrogens (tertiary/aromatic N) is 3. The first kappa shape index (κ1) is 16.5. The SMILES string of the molecule is Cc1nn(C)c(Sc2ccc(Br)cn2)c1CNC(C)(C)C. The summed E-state index contributed by atoms with van der Waals surface area (Å²) in [5.41, 5.74) is 2.39. The second kappa shape index (κ2) is 6.50. The van der Waals surface area contributed by atoms with Gasteiger partial charge in [-0.2, -0.15) is 5.10 Å². The van der Waals surface area contributed by atoms with Crippen molar-refractivity contribution in [3.05, 3.63) is 34.1 Å². The molecule has 4 nitrogen and oxygen atoms in total. The molecule has 2 aromatic rings. The third kappa shape index (κ3) is 4.56. The van der Waals surface area contributed by atoms with Gasteiger partial charge in [-0.25, -0.2) is 4.98 Å². The Morgan fingerprint density at radius 1 is 1.33 bits per heavy atom. The first-order chi connectivity index (χ1) is 9.76. The maximum atomic E-state index is 4.54. The van der Waals surface area contributed by atoms with Gasteiger partial charge < -0.3 is 5.32 Å². The van der Waals surface area contributed by atoms with Crippen LogP contribution in [0.1, 0.15) is 32.0 Å². The standard InChI is InChI=1S/C15H21BrN4S/c1-10-12(9-18-15(2,3)4)14(20(5)19-10)21-13-7-6-11(16)8-17-13/h6-8,18H,9H2,1-5H3. The molecule has 2 rings (SSSR count). The first-order valence-electron chi connectivity index (χ1n) is 6.83. The van der Waals surface area contributed by atoms with Gasteiger partial charge in [0.15, 0.2) is 0 Å². The summed E-state index contributed by atoms with van der Waals surface area (Å²) in [5.74, 6) is 0. The smallest absolute Gasteiger partial charge is 0.105 e. The maximum absolute atomic E-state index is 4.54. The van der Waals surface area contributed by atoms with E-state index in [-0.39, 0.29) is 5.54 Å². The molecule has 0 aliphatic rings. The van der Waals surface area contributed by atoms with E-state index >= 15 is 0 Å². The number of hydrogen-bond donors (Lipinski definition) is 1. The molecule has 2 aromatic heterocycles. The van der Waals surface area contributed by atoms with Gasteiger partial charge in [0, 0.05) is 35.4 Å². The normalized spacial score (nSPS) is 11.9. The van der Waals surface area contributed by atoms with E-state index in [4.69, 9.17) is 0 Å². The highest BCUT2D eigenvalue weighted by molar-refractivity contribution is 9.10. The van der Waals surface area contributed by atoms with Crippen molar-refractivity contribution in [1.82, 2.24) is 20.1 Å². The summed E-state index contributed by atoms with van der Waals surface area (Å²) in [6.07, 6.45) is 1.82. The van der Waals surface area contributed by atoms with Gasteiger partial charge in [0.25, 0.3) is 0 Å². The lowest BCUT2D eigenvalue weighted by Gasteiger charge is -2.20. The number of aromatic nitrogens is 3. The molecule has 0 spiro atoms. The lowest BCUT2D eigenvalue weighted by atomic mass is 10.1. The number of pyridine rings is 1. The second-order valence-electron chi connectivity index (χ2n) is 6.01. The molecule has 0 unspecified atom stereocenters. The zero-order chi connectivity index (χ0) is 15.6. The van der Waals surface area contributed by atoms with Crippen molar-refractivity contribution in [2.75, 3.05) is 0 Å². The zero-order valence-electron chi connectivity index (χ0n) is 13.1. The molecular weight excluding hydrogens is 348 g/mol. The molecule has 1 N–H and O–H groups in total. The monoisotopic (exact) mass is 368 g/mol. The summed E-state index contributed by atoms with van der Waals surface area (Å²) in [5, 5.41) is 10.2. The van der Waals surface area contributed by atoms with Gasteiger partial charge in [-0.3, -0.25) is 4.68 Å². The summed E-state index contributed by atoms with van der Waals surface area (Å²) in [4.78, 5) is 4.43. The Morgan fingerprint density at radius 2 is 2.05 bits per heavy atom. The summed E-state index contributed by atoms with van der Waals surface area (Å²) >= 11 is 5.06. The minimum absolute atomic E-state index is 0.0834. The van der Waals surface area contributed by atoms with E-state index in [0.29, 0.717) is 0 Å². The van der Waals surface area contributed by atoms with Gasteiger partial charge in [0.2, 0.25) is 0 Å². The molecule has 0 amide bonds. The zero-order valence-corrected chi connectivity index (χ0v) is 15.5. The van der Waals surface area contributed by atoms with Crippen LogP contribution in [0.15, 0.2) is 32.9 Å². The molecule has 21 heavy (non-hydrogen) atoms. The van der Waals surface area contributed by atoms with Gasteiger partial charge in [-0.15, -0.1) is 0 Å². The fourth-order valence-corrected chi connectivity index (χ4v) is 3.08. The van der Waals surface area contributed by atoms with Gasteiger partial charge >= 0.3 is 0 Å². The van der Waals surface area contributed by atoms with E-state index < -0.39 is 0 Å². The van der Waals surface area contributed by atoms with E-state index in [0.717, 1.165) is 26.8 Å². The number of rotatable bonds is 4. The second-order valence-corrected chi connectivity index (χ2v) is 7.94. The van der Waals surface area contributed by atoms with Crippen LogP contribution in [-0.2, 0) is 13.6 Å². The third-order valence-corrected chi connectivity index (χ3v) is 4.61. The van der Waals surface area contributed by atoms with Crippen molar-refractivity contribution in [2.45, 2.75) is 49.8 Å². The molecule has 0 atom stereocenters. The highest BCUT2D eigenvalue weighted by Crippen LogP contribution is 2.31. The van der Waals surface area contributed by atoms with Gasteiger partial charge in [0.05, 0.1) is 5.69 Å². The van der Waals surface area contributed by atoms with Crippen molar-refractivity contribution in [3.63, 3.8) is 0 Å². The lowest BCUT2D eigenvalue weighted by Crippen LogP contribution is -2.35.